The standard InChI is InChI=1S/C17H25NO2S/c1-16(2)12-18(13-17(3,4)20-16)11-15-14(8-10-21-15)7-5-6-9-19/h8,10,19H,6,9,11-13H2,1-4H3. The normalized spacial score (nSPS) is 20.8. The van der Waals surface area contributed by atoms with Gasteiger partial charge in [-0.05, 0) is 39.1 Å². The van der Waals surface area contributed by atoms with Crippen molar-refractivity contribution >= 4 is 11.3 Å². The molecule has 0 atom stereocenters. The molecule has 0 amide bonds. The summed E-state index contributed by atoms with van der Waals surface area (Å²) >= 11 is 1.75. The molecule has 0 spiro atoms. The van der Waals surface area contributed by atoms with Gasteiger partial charge in [0.2, 0.25) is 0 Å². The van der Waals surface area contributed by atoms with Gasteiger partial charge in [-0.2, -0.15) is 0 Å². The van der Waals surface area contributed by atoms with Crippen LogP contribution in [0.4, 0.5) is 0 Å². The fourth-order valence-electron chi connectivity index (χ4n) is 3.05. The topological polar surface area (TPSA) is 32.7 Å². The van der Waals surface area contributed by atoms with Gasteiger partial charge in [0.1, 0.15) is 0 Å². The molecule has 0 saturated carbocycles. The average molecular weight is 307 g/mol. The summed E-state index contributed by atoms with van der Waals surface area (Å²) < 4.78 is 6.13. The second-order valence-electron chi connectivity index (χ2n) is 6.80. The van der Waals surface area contributed by atoms with Crippen LogP contribution in [0, 0.1) is 11.8 Å². The molecule has 1 saturated heterocycles. The Morgan fingerprint density at radius 2 is 1.95 bits per heavy atom. The van der Waals surface area contributed by atoms with Crippen molar-refractivity contribution in [3.05, 3.63) is 21.9 Å². The monoisotopic (exact) mass is 307 g/mol. The van der Waals surface area contributed by atoms with Crippen LogP contribution in [0.3, 0.4) is 0 Å². The summed E-state index contributed by atoms with van der Waals surface area (Å²) in [5.74, 6) is 6.18. The fourth-order valence-corrected chi connectivity index (χ4v) is 3.92. The van der Waals surface area contributed by atoms with Crippen molar-refractivity contribution in [2.45, 2.75) is 51.9 Å². The molecule has 2 rings (SSSR count). The number of rotatable bonds is 3. The number of ether oxygens (including phenoxy) is 1. The molecule has 1 aliphatic heterocycles. The van der Waals surface area contributed by atoms with E-state index in [9.17, 15) is 0 Å². The number of thiophene rings is 1. The Labute approximate surface area is 131 Å². The zero-order valence-corrected chi connectivity index (χ0v) is 14.2. The Kier molecular flexibility index (Phi) is 5.11. The van der Waals surface area contributed by atoms with E-state index in [-0.39, 0.29) is 17.8 Å². The van der Waals surface area contributed by atoms with E-state index in [0.717, 1.165) is 25.2 Å². The third-order valence-corrected chi connectivity index (χ3v) is 4.24. The molecule has 0 radical (unpaired) electrons. The summed E-state index contributed by atoms with van der Waals surface area (Å²) in [6.45, 7) is 11.5. The second kappa shape index (κ2) is 6.50. The van der Waals surface area contributed by atoms with Gasteiger partial charge in [0, 0.05) is 36.5 Å². The predicted octanol–water partition coefficient (Wildman–Crippen LogP) is 2.87. The van der Waals surface area contributed by atoms with Crippen molar-refractivity contribution in [2.75, 3.05) is 19.7 Å². The van der Waals surface area contributed by atoms with Gasteiger partial charge in [0.25, 0.3) is 0 Å². The highest BCUT2D eigenvalue weighted by atomic mass is 32.1. The van der Waals surface area contributed by atoms with Crippen molar-refractivity contribution in [1.29, 1.82) is 0 Å². The van der Waals surface area contributed by atoms with Gasteiger partial charge >= 0.3 is 0 Å². The summed E-state index contributed by atoms with van der Waals surface area (Å²) in [4.78, 5) is 3.75. The average Bonchev–Trinajstić information content (AvgIpc) is 2.73. The van der Waals surface area contributed by atoms with Gasteiger partial charge in [-0.1, -0.05) is 11.8 Å². The van der Waals surface area contributed by atoms with Crippen molar-refractivity contribution < 1.29 is 9.84 Å². The third-order valence-electron chi connectivity index (χ3n) is 3.33. The zero-order valence-electron chi connectivity index (χ0n) is 13.4. The summed E-state index contributed by atoms with van der Waals surface area (Å²) in [6, 6.07) is 2.07. The van der Waals surface area contributed by atoms with Crippen LogP contribution in [0.15, 0.2) is 11.4 Å². The number of hydrogen-bond acceptors (Lipinski definition) is 4. The van der Waals surface area contributed by atoms with Crippen LogP contribution in [0.1, 0.15) is 44.6 Å². The van der Waals surface area contributed by atoms with E-state index in [1.165, 1.54) is 4.88 Å². The minimum absolute atomic E-state index is 0.123. The maximum absolute atomic E-state index is 8.82. The molecule has 0 bridgehead atoms. The Balaban J connectivity index is 2.08. The SMILES string of the molecule is CC1(C)CN(Cc2sccc2C#CCCO)CC(C)(C)O1. The minimum Gasteiger partial charge on any atom is -0.395 e. The quantitative estimate of drug-likeness (QED) is 0.872. The van der Waals surface area contributed by atoms with Gasteiger partial charge in [-0.15, -0.1) is 11.3 Å². The van der Waals surface area contributed by atoms with Crippen molar-refractivity contribution in [2.24, 2.45) is 0 Å². The first kappa shape index (κ1) is 16.5. The lowest BCUT2D eigenvalue weighted by atomic mass is 9.99. The number of morpholine rings is 1. The summed E-state index contributed by atoms with van der Waals surface area (Å²) in [6.07, 6.45) is 0.535. The number of nitrogens with zero attached hydrogens (tertiary/aromatic N) is 1. The molecule has 1 N–H and O–H groups in total. The van der Waals surface area contributed by atoms with E-state index >= 15 is 0 Å². The molecule has 21 heavy (non-hydrogen) atoms. The van der Waals surface area contributed by atoms with Gasteiger partial charge in [-0.3, -0.25) is 4.90 Å². The molecule has 1 aromatic heterocycles. The van der Waals surface area contributed by atoms with Crippen molar-refractivity contribution in [1.82, 2.24) is 4.90 Å². The Hall–Kier alpha value is -0.860. The summed E-state index contributed by atoms with van der Waals surface area (Å²) in [5.41, 5.74) is 0.847. The molecular weight excluding hydrogens is 282 g/mol. The van der Waals surface area contributed by atoms with E-state index in [0.29, 0.717) is 6.42 Å². The molecule has 0 unspecified atom stereocenters. The molecule has 1 aliphatic rings. The Morgan fingerprint density at radius 3 is 2.57 bits per heavy atom. The van der Waals surface area contributed by atoms with E-state index < -0.39 is 0 Å². The molecule has 1 aromatic rings. The van der Waals surface area contributed by atoms with Crippen LogP contribution < -0.4 is 0 Å². The molecule has 116 valence electrons. The van der Waals surface area contributed by atoms with Crippen LogP contribution in [-0.2, 0) is 11.3 Å². The van der Waals surface area contributed by atoms with Gasteiger partial charge in [0.15, 0.2) is 0 Å². The lowest BCUT2D eigenvalue weighted by Crippen LogP contribution is -2.56. The third kappa shape index (κ3) is 4.82. The van der Waals surface area contributed by atoms with E-state index in [4.69, 9.17) is 9.84 Å². The lowest BCUT2D eigenvalue weighted by molar-refractivity contribution is -0.182. The van der Waals surface area contributed by atoms with E-state index in [1.807, 2.05) is 0 Å². The highest BCUT2D eigenvalue weighted by molar-refractivity contribution is 7.10. The zero-order chi connectivity index (χ0) is 15.5. The van der Waals surface area contributed by atoms with Gasteiger partial charge < -0.3 is 9.84 Å². The fraction of sp³-hybridized carbons (Fsp3) is 0.647. The molecular formula is C17H25NO2S. The van der Waals surface area contributed by atoms with Crippen LogP contribution in [0.5, 0.6) is 0 Å². The first-order chi connectivity index (χ1) is 9.81. The van der Waals surface area contributed by atoms with Crippen molar-refractivity contribution in [3.63, 3.8) is 0 Å². The molecule has 0 aliphatic carbocycles. The smallest absolute Gasteiger partial charge is 0.0760 e. The summed E-state index contributed by atoms with van der Waals surface area (Å²) in [5, 5.41) is 10.9. The van der Waals surface area contributed by atoms with Gasteiger partial charge in [0.05, 0.1) is 17.8 Å². The molecule has 2 heterocycles. The predicted molar refractivity (Wildman–Crippen MR) is 87.4 cm³/mol. The van der Waals surface area contributed by atoms with E-state index in [1.54, 1.807) is 11.3 Å². The van der Waals surface area contributed by atoms with E-state index in [2.05, 4.69) is 55.9 Å². The Morgan fingerprint density at radius 1 is 1.29 bits per heavy atom. The first-order valence-corrected chi connectivity index (χ1v) is 8.28. The molecule has 0 aromatic carbocycles. The minimum atomic E-state index is -0.123. The van der Waals surface area contributed by atoms with Gasteiger partial charge in [-0.25, -0.2) is 0 Å². The van der Waals surface area contributed by atoms with Crippen LogP contribution in [0.2, 0.25) is 0 Å². The lowest BCUT2D eigenvalue weighted by Gasteiger charge is -2.47. The summed E-state index contributed by atoms with van der Waals surface area (Å²) in [7, 11) is 0. The van der Waals surface area contributed by atoms with Crippen LogP contribution in [0.25, 0.3) is 0 Å². The van der Waals surface area contributed by atoms with Crippen molar-refractivity contribution in [3.8, 4) is 11.8 Å². The maximum Gasteiger partial charge on any atom is 0.0760 e. The highest BCUT2D eigenvalue weighted by Gasteiger charge is 2.38. The second-order valence-corrected chi connectivity index (χ2v) is 7.80. The maximum atomic E-state index is 8.82. The highest BCUT2D eigenvalue weighted by Crippen LogP contribution is 2.30. The molecule has 3 nitrogen and oxygen atoms in total. The largest absolute Gasteiger partial charge is 0.395 e. The number of hydrogen-bond donors (Lipinski definition) is 1. The van der Waals surface area contributed by atoms with Crippen LogP contribution >= 0.6 is 11.3 Å². The molecule has 4 heteroatoms. The molecule has 1 fully saturated rings. The number of aliphatic hydroxyl groups is 1. The first-order valence-electron chi connectivity index (χ1n) is 7.40. The van der Waals surface area contributed by atoms with Crippen LogP contribution in [-0.4, -0.2) is 40.9 Å². The Bertz CT molecular complexity index is 520. The number of aliphatic hydroxyl groups excluding tert-OH is 1.